The highest BCUT2D eigenvalue weighted by Crippen LogP contribution is 2.32. The molecule has 0 saturated carbocycles. The Bertz CT molecular complexity index is 671. The fourth-order valence-corrected chi connectivity index (χ4v) is 2.66. The summed E-state index contributed by atoms with van der Waals surface area (Å²) in [5.41, 5.74) is 0.616. The van der Waals surface area contributed by atoms with Crippen molar-refractivity contribution in [3.05, 3.63) is 84.4 Å². The first-order chi connectivity index (χ1) is 11.5. The maximum absolute atomic E-state index is 13.0. The van der Waals surface area contributed by atoms with Crippen molar-refractivity contribution in [3.63, 3.8) is 0 Å². The van der Waals surface area contributed by atoms with Crippen LogP contribution >= 0.6 is 0 Å². The third kappa shape index (κ3) is 3.54. The van der Waals surface area contributed by atoms with E-state index in [0.717, 1.165) is 11.1 Å². The summed E-state index contributed by atoms with van der Waals surface area (Å²) in [5, 5.41) is 11.9. The highest BCUT2D eigenvalue weighted by atomic mass is 16.4. The SMILES string of the molecule is C=CC[C@@H](NC(=O)C(C)(c1ccccc1)c1ccccc1)C(=O)O. The minimum Gasteiger partial charge on any atom is -0.480 e. The topological polar surface area (TPSA) is 66.4 Å². The van der Waals surface area contributed by atoms with E-state index in [2.05, 4.69) is 11.9 Å². The lowest BCUT2D eigenvalue weighted by Gasteiger charge is -2.31. The lowest BCUT2D eigenvalue weighted by Crippen LogP contribution is -2.49. The molecular formula is C20H21NO3. The van der Waals surface area contributed by atoms with Crippen molar-refractivity contribution in [3.8, 4) is 0 Å². The first-order valence-corrected chi connectivity index (χ1v) is 7.76. The Balaban J connectivity index is 2.45. The van der Waals surface area contributed by atoms with Gasteiger partial charge in [0, 0.05) is 0 Å². The standard InChI is InChI=1S/C20H21NO3/c1-3-10-17(18(22)23)21-19(24)20(2,15-11-6-4-7-12-15)16-13-8-5-9-14-16/h3-9,11-14,17H,1,10H2,2H3,(H,21,24)(H,22,23)/t17-/m1/s1. The molecule has 4 heteroatoms. The fraction of sp³-hybridized carbons (Fsp3) is 0.200. The van der Waals surface area contributed by atoms with E-state index in [9.17, 15) is 14.7 Å². The zero-order chi connectivity index (χ0) is 17.6. The first-order valence-electron chi connectivity index (χ1n) is 7.76. The number of amides is 1. The molecule has 0 aliphatic rings. The predicted octanol–water partition coefficient (Wildman–Crippen LogP) is 3.14. The van der Waals surface area contributed by atoms with Gasteiger partial charge in [-0.3, -0.25) is 4.79 Å². The number of benzene rings is 2. The second-order valence-electron chi connectivity index (χ2n) is 5.75. The lowest BCUT2D eigenvalue weighted by molar-refractivity contribution is -0.142. The van der Waals surface area contributed by atoms with E-state index in [-0.39, 0.29) is 12.3 Å². The van der Waals surface area contributed by atoms with Crippen LogP contribution in [0.1, 0.15) is 24.5 Å². The van der Waals surface area contributed by atoms with Gasteiger partial charge in [-0.05, 0) is 24.5 Å². The molecule has 0 aromatic heterocycles. The molecule has 2 aromatic carbocycles. The van der Waals surface area contributed by atoms with E-state index in [1.807, 2.05) is 60.7 Å². The summed E-state index contributed by atoms with van der Waals surface area (Å²) in [6.07, 6.45) is 1.65. The Morgan fingerprint density at radius 2 is 1.54 bits per heavy atom. The Kier molecular flexibility index (Phi) is 5.53. The Hall–Kier alpha value is -2.88. The average molecular weight is 323 g/mol. The van der Waals surface area contributed by atoms with E-state index >= 15 is 0 Å². The summed E-state index contributed by atoms with van der Waals surface area (Å²) < 4.78 is 0. The van der Waals surface area contributed by atoms with Gasteiger partial charge in [0.15, 0.2) is 0 Å². The Labute approximate surface area is 141 Å². The first kappa shape index (κ1) is 17.5. The normalized spacial score (nSPS) is 12.2. The zero-order valence-electron chi connectivity index (χ0n) is 13.6. The van der Waals surface area contributed by atoms with Crippen molar-refractivity contribution < 1.29 is 14.7 Å². The van der Waals surface area contributed by atoms with Crippen LogP contribution in [0.15, 0.2) is 73.3 Å². The number of carbonyl (C=O) groups excluding carboxylic acids is 1. The zero-order valence-corrected chi connectivity index (χ0v) is 13.6. The molecule has 4 nitrogen and oxygen atoms in total. The number of hydrogen-bond acceptors (Lipinski definition) is 2. The van der Waals surface area contributed by atoms with E-state index in [1.165, 1.54) is 6.08 Å². The van der Waals surface area contributed by atoms with Crippen LogP contribution < -0.4 is 5.32 Å². The number of carboxylic acids is 1. The van der Waals surface area contributed by atoms with E-state index in [1.54, 1.807) is 6.92 Å². The molecule has 0 unspecified atom stereocenters. The van der Waals surface area contributed by atoms with Gasteiger partial charge in [0.1, 0.15) is 6.04 Å². The molecule has 0 radical (unpaired) electrons. The molecule has 1 atom stereocenters. The number of nitrogens with one attached hydrogen (secondary N) is 1. The van der Waals surface area contributed by atoms with Crippen LogP contribution in [0.2, 0.25) is 0 Å². The third-order valence-corrected chi connectivity index (χ3v) is 4.16. The molecule has 0 bridgehead atoms. The molecular weight excluding hydrogens is 302 g/mol. The second-order valence-corrected chi connectivity index (χ2v) is 5.75. The maximum Gasteiger partial charge on any atom is 0.326 e. The molecule has 24 heavy (non-hydrogen) atoms. The van der Waals surface area contributed by atoms with Crippen molar-refractivity contribution in [2.75, 3.05) is 0 Å². The molecule has 0 heterocycles. The largest absolute Gasteiger partial charge is 0.480 e. The van der Waals surface area contributed by atoms with Gasteiger partial charge in [0.2, 0.25) is 5.91 Å². The molecule has 0 fully saturated rings. The van der Waals surface area contributed by atoms with Gasteiger partial charge in [-0.2, -0.15) is 0 Å². The van der Waals surface area contributed by atoms with Gasteiger partial charge in [0.05, 0.1) is 5.41 Å². The Morgan fingerprint density at radius 3 is 1.92 bits per heavy atom. The highest BCUT2D eigenvalue weighted by molar-refractivity contribution is 5.94. The Morgan fingerprint density at radius 1 is 1.08 bits per heavy atom. The van der Waals surface area contributed by atoms with Crippen molar-refractivity contribution in [1.82, 2.24) is 5.32 Å². The smallest absolute Gasteiger partial charge is 0.326 e. The summed E-state index contributed by atoms with van der Waals surface area (Å²) in [4.78, 5) is 24.4. The maximum atomic E-state index is 13.0. The average Bonchev–Trinajstić information content (AvgIpc) is 2.62. The molecule has 2 N–H and O–H groups in total. The molecule has 2 aromatic rings. The van der Waals surface area contributed by atoms with Crippen LogP contribution in [0.3, 0.4) is 0 Å². The summed E-state index contributed by atoms with van der Waals surface area (Å²) in [5.74, 6) is -1.43. The number of aliphatic carboxylic acids is 1. The molecule has 1 amide bonds. The third-order valence-electron chi connectivity index (χ3n) is 4.16. The molecule has 0 aliphatic heterocycles. The van der Waals surface area contributed by atoms with Crippen LogP contribution in [0, 0.1) is 0 Å². The van der Waals surface area contributed by atoms with Crippen LogP contribution in [-0.2, 0) is 15.0 Å². The lowest BCUT2D eigenvalue weighted by atomic mass is 9.75. The van der Waals surface area contributed by atoms with Gasteiger partial charge < -0.3 is 10.4 Å². The minimum absolute atomic E-state index is 0.167. The van der Waals surface area contributed by atoms with Gasteiger partial charge in [-0.1, -0.05) is 66.7 Å². The van der Waals surface area contributed by atoms with Crippen molar-refractivity contribution in [2.24, 2.45) is 0 Å². The van der Waals surface area contributed by atoms with Crippen LogP contribution in [0.4, 0.5) is 0 Å². The van der Waals surface area contributed by atoms with Gasteiger partial charge in [0.25, 0.3) is 0 Å². The van der Waals surface area contributed by atoms with Crippen LogP contribution in [0.25, 0.3) is 0 Å². The summed E-state index contributed by atoms with van der Waals surface area (Å²) >= 11 is 0. The van der Waals surface area contributed by atoms with Crippen molar-refractivity contribution in [2.45, 2.75) is 24.8 Å². The summed E-state index contributed by atoms with van der Waals surface area (Å²) in [7, 11) is 0. The van der Waals surface area contributed by atoms with E-state index < -0.39 is 17.4 Å². The van der Waals surface area contributed by atoms with Crippen LogP contribution in [-0.4, -0.2) is 23.0 Å². The molecule has 0 aliphatic carbocycles. The van der Waals surface area contributed by atoms with Gasteiger partial charge >= 0.3 is 5.97 Å². The fourth-order valence-electron chi connectivity index (χ4n) is 2.66. The van der Waals surface area contributed by atoms with Crippen LogP contribution in [0.5, 0.6) is 0 Å². The van der Waals surface area contributed by atoms with E-state index in [4.69, 9.17) is 0 Å². The quantitative estimate of drug-likeness (QED) is 0.769. The summed E-state index contributed by atoms with van der Waals surface area (Å²) in [6.45, 7) is 5.36. The van der Waals surface area contributed by atoms with Crippen molar-refractivity contribution in [1.29, 1.82) is 0 Å². The van der Waals surface area contributed by atoms with Gasteiger partial charge in [-0.25, -0.2) is 4.79 Å². The molecule has 124 valence electrons. The number of hydrogen-bond donors (Lipinski definition) is 2. The molecule has 0 saturated heterocycles. The highest BCUT2D eigenvalue weighted by Gasteiger charge is 2.38. The monoisotopic (exact) mass is 323 g/mol. The minimum atomic E-state index is -1.08. The van der Waals surface area contributed by atoms with Crippen molar-refractivity contribution >= 4 is 11.9 Å². The number of carbonyl (C=O) groups is 2. The van der Waals surface area contributed by atoms with E-state index in [0.29, 0.717) is 0 Å². The number of carboxylic acid groups (broad SMARTS) is 1. The number of rotatable bonds is 7. The molecule has 2 rings (SSSR count). The summed E-state index contributed by atoms with van der Waals surface area (Å²) in [6, 6.07) is 17.7. The van der Waals surface area contributed by atoms with Gasteiger partial charge in [-0.15, -0.1) is 6.58 Å². The predicted molar refractivity (Wildman–Crippen MR) is 93.7 cm³/mol. The second kappa shape index (κ2) is 7.59. The molecule has 0 spiro atoms.